The number of nitrogens with zero attached hydrogens (tertiary/aromatic N) is 2. The Hall–Kier alpha value is -3.26. The molecule has 2 aromatic carbocycles. The van der Waals surface area contributed by atoms with E-state index in [9.17, 15) is 9.59 Å². The van der Waals surface area contributed by atoms with Gasteiger partial charge >= 0.3 is 0 Å². The number of thioether (sulfide) groups is 1. The SMILES string of the molecule is COc1cc(/C=C2/SC(=Nc3ccc(C)cc3)N(CC(C)C)C2=O)ccc1OCC(N)=O. The maximum Gasteiger partial charge on any atom is 0.266 e. The number of hydrogen-bond donors (Lipinski definition) is 1. The molecule has 8 heteroatoms. The van der Waals surface area contributed by atoms with E-state index in [1.54, 1.807) is 29.2 Å². The molecule has 0 radical (unpaired) electrons. The second-order valence-corrected chi connectivity index (χ2v) is 8.82. The van der Waals surface area contributed by atoms with Crippen LogP contribution in [0.4, 0.5) is 5.69 Å². The molecule has 3 rings (SSSR count). The Labute approximate surface area is 192 Å². The van der Waals surface area contributed by atoms with Crippen molar-refractivity contribution in [3.63, 3.8) is 0 Å². The highest BCUT2D eigenvalue weighted by Gasteiger charge is 2.33. The van der Waals surface area contributed by atoms with E-state index in [1.807, 2.05) is 31.2 Å². The van der Waals surface area contributed by atoms with E-state index in [4.69, 9.17) is 20.2 Å². The van der Waals surface area contributed by atoms with Crippen LogP contribution in [-0.4, -0.2) is 42.1 Å². The van der Waals surface area contributed by atoms with Crippen LogP contribution in [0.1, 0.15) is 25.0 Å². The third-order valence-corrected chi connectivity index (χ3v) is 5.56. The summed E-state index contributed by atoms with van der Waals surface area (Å²) in [4.78, 5) is 31.1. The molecule has 7 nitrogen and oxygen atoms in total. The molecular formula is C24H27N3O4S. The zero-order valence-corrected chi connectivity index (χ0v) is 19.4. The van der Waals surface area contributed by atoms with Gasteiger partial charge in [-0.25, -0.2) is 4.99 Å². The topological polar surface area (TPSA) is 94.2 Å². The molecule has 0 saturated carbocycles. The van der Waals surface area contributed by atoms with Crippen molar-refractivity contribution in [2.45, 2.75) is 20.8 Å². The molecule has 1 saturated heterocycles. The molecule has 0 bridgehead atoms. The molecule has 1 aliphatic rings. The van der Waals surface area contributed by atoms with Crippen LogP contribution in [0.15, 0.2) is 52.4 Å². The van der Waals surface area contributed by atoms with Gasteiger partial charge in [0.05, 0.1) is 17.7 Å². The number of amidine groups is 1. The lowest BCUT2D eigenvalue weighted by molar-refractivity contribution is -0.122. The quantitative estimate of drug-likeness (QED) is 0.607. The maximum atomic E-state index is 13.1. The van der Waals surface area contributed by atoms with Crippen molar-refractivity contribution in [3.8, 4) is 11.5 Å². The van der Waals surface area contributed by atoms with Gasteiger partial charge < -0.3 is 15.2 Å². The van der Waals surface area contributed by atoms with Crippen LogP contribution in [0.5, 0.6) is 11.5 Å². The monoisotopic (exact) mass is 453 g/mol. The number of aliphatic imine (C=N–C) groups is 1. The van der Waals surface area contributed by atoms with E-state index in [0.717, 1.165) is 16.8 Å². The Morgan fingerprint density at radius 3 is 2.53 bits per heavy atom. The summed E-state index contributed by atoms with van der Waals surface area (Å²) in [5.74, 6) is 0.494. The van der Waals surface area contributed by atoms with Gasteiger partial charge in [0.1, 0.15) is 0 Å². The van der Waals surface area contributed by atoms with Crippen LogP contribution in [-0.2, 0) is 9.59 Å². The first kappa shape index (κ1) is 23.4. The van der Waals surface area contributed by atoms with Crippen molar-refractivity contribution < 1.29 is 19.1 Å². The second kappa shape index (κ2) is 10.4. The molecular weight excluding hydrogens is 426 g/mol. The fraction of sp³-hybridized carbons (Fsp3) is 0.292. The molecule has 32 heavy (non-hydrogen) atoms. The largest absolute Gasteiger partial charge is 0.493 e. The summed E-state index contributed by atoms with van der Waals surface area (Å²) in [5, 5.41) is 0.659. The van der Waals surface area contributed by atoms with Crippen LogP contribution in [0.2, 0.25) is 0 Å². The fourth-order valence-corrected chi connectivity index (χ4v) is 4.05. The van der Waals surface area contributed by atoms with Crippen LogP contribution in [0.25, 0.3) is 6.08 Å². The Morgan fingerprint density at radius 2 is 1.91 bits per heavy atom. The van der Waals surface area contributed by atoms with Gasteiger partial charge in [0.15, 0.2) is 23.3 Å². The fourth-order valence-electron chi connectivity index (χ4n) is 3.04. The highest BCUT2D eigenvalue weighted by Crippen LogP contribution is 2.36. The Balaban J connectivity index is 1.90. The average molecular weight is 454 g/mol. The summed E-state index contributed by atoms with van der Waals surface area (Å²) in [5.41, 5.74) is 7.86. The third-order valence-electron chi connectivity index (χ3n) is 4.55. The molecule has 0 aliphatic carbocycles. The smallest absolute Gasteiger partial charge is 0.266 e. The number of amides is 2. The molecule has 0 spiro atoms. The van der Waals surface area contributed by atoms with Crippen molar-refractivity contribution in [2.24, 2.45) is 16.6 Å². The number of methoxy groups -OCH3 is 1. The third kappa shape index (κ3) is 5.91. The molecule has 2 N–H and O–H groups in total. The van der Waals surface area contributed by atoms with Crippen LogP contribution < -0.4 is 15.2 Å². The summed E-state index contributed by atoms with van der Waals surface area (Å²) in [6.07, 6.45) is 1.80. The standard InChI is InChI=1S/C24H27N3O4S/c1-15(2)13-27-23(29)21(32-24(27)26-18-8-5-16(3)6-9-18)12-17-7-10-19(20(11-17)30-4)31-14-22(25)28/h5-12,15H,13-14H2,1-4H3,(H2,25,28)/b21-12+,26-24?. The summed E-state index contributed by atoms with van der Waals surface area (Å²) >= 11 is 1.35. The number of carbonyl (C=O) groups excluding carboxylic acids is 2. The second-order valence-electron chi connectivity index (χ2n) is 7.82. The molecule has 1 heterocycles. The van der Waals surface area contributed by atoms with Gasteiger partial charge in [-0.05, 0) is 60.5 Å². The molecule has 1 fully saturated rings. The number of aryl methyl sites for hydroxylation is 1. The minimum atomic E-state index is -0.572. The first-order valence-corrected chi connectivity index (χ1v) is 11.0. The molecule has 1 aliphatic heterocycles. The summed E-state index contributed by atoms with van der Waals surface area (Å²) in [6, 6.07) is 13.1. The van der Waals surface area contributed by atoms with E-state index in [-0.39, 0.29) is 12.5 Å². The summed E-state index contributed by atoms with van der Waals surface area (Å²) in [7, 11) is 1.51. The van der Waals surface area contributed by atoms with Gasteiger partial charge in [0, 0.05) is 6.54 Å². The van der Waals surface area contributed by atoms with E-state index < -0.39 is 5.91 Å². The van der Waals surface area contributed by atoms with Crippen molar-refractivity contribution in [1.82, 2.24) is 4.90 Å². The van der Waals surface area contributed by atoms with E-state index in [1.165, 1.54) is 18.9 Å². The normalized spacial score (nSPS) is 16.3. The maximum absolute atomic E-state index is 13.1. The Bertz CT molecular complexity index is 1060. The van der Waals surface area contributed by atoms with Gasteiger partial charge in [-0.1, -0.05) is 37.6 Å². The number of primary amides is 1. The van der Waals surface area contributed by atoms with Crippen molar-refractivity contribution in [3.05, 3.63) is 58.5 Å². The lowest BCUT2D eigenvalue weighted by Gasteiger charge is -2.17. The van der Waals surface area contributed by atoms with Gasteiger partial charge in [0.2, 0.25) is 0 Å². The van der Waals surface area contributed by atoms with Crippen molar-refractivity contribution >= 4 is 40.5 Å². The predicted octanol–water partition coefficient (Wildman–Crippen LogP) is 4.13. The lowest BCUT2D eigenvalue weighted by Crippen LogP contribution is -2.32. The zero-order chi connectivity index (χ0) is 23.3. The van der Waals surface area contributed by atoms with Crippen LogP contribution in [0, 0.1) is 12.8 Å². The zero-order valence-electron chi connectivity index (χ0n) is 18.6. The number of carbonyl (C=O) groups is 2. The minimum Gasteiger partial charge on any atom is -0.493 e. The van der Waals surface area contributed by atoms with Gasteiger partial charge in [0.25, 0.3) is 11.8 Å². The van der Waals surface area contributed by atoms with E-state index in [2.05, 4.69) is 13.8 Å². The molecule has 2 amide bonds. The highest BCUT2D eigenvalue weighted by atomic mass is 32.2. The van der Waals surface area contributed by atoms with Crippen LogP contribution in [0.3, 0.4) is 0 Å². The first-order chi connectivity index (χ1) is 15.3. The van der Waals surface area contributed by atoms with Gasteiger partial charge in [-0.2, -0.15) is 0 Å². The number of rotatable bonds is 8. The average Bonchev–Trinajstić information content (AvgIpc) is 3.02. The summed E-state index contributed by atoms with van der Waals surface area (Å²) < 4.78 is 10.7. The van der Waals surface area contributed by atoms with Gasteiger partial charge in [-0.15, -0.1) is 0 Å². The van der Waals surface area contributed by atoms with Crippen molar-refractivity contribution in [2.75, 3.05) is 20.3 Å². The molecule has 2 aromatic rings. The summed E-state index contributed by atoms with van der Waals surface area (Å²) in [6.45, 7) is 6.50. The minimum absolute atomic E-state index is 0.0809. The number of benzene rings is 2. The molecule has 0 atom stereocenters. The molecule has 0 unspecified atom stereocenters. The molecule has 0 aromatic heterocycles. The highest BCUT2D eigenvalue weighted by molar-refractivity contribution is 8.18. The van der Waals surface area contributed by atoms with Crippen LogP contribution >= 0.6 is 11.8 Å². The van der Waals surface area contributed by atoms with Crippen molar-refractivity contribution in [1.29, 1.82) is 0 Å². The molecule has 168 valence electrons. The number of ether oxygens (including phenoxy) is 2. The lowest BCUT2D eigenvalue weighted by atomic mass is 10.1. The van der Waals surface area contributed by atoms with E-state index in [0.29, 0.717) is 34.0 Å². The number of hydrogen-bond acceptors (Lipinski definition) is 6. The van der Waals surface area contributed by atoms with E-state index >= 15 is 0 Å². The van der Waals surface area contributed by atoms with Gasteiger partial charge in [-0.3, -0.25) is 14.5 Å². The Morgan fingerprint density at radius 1 is 1.19 bits per heavy atom. The first-order valence-electron chi connectivity index (χ1n) is 10.2. The Kier molecular flexibility index (Phi) is 7.58. The number of nitrogens with two attached hydrogens (primary N) is 1. The predicted molar refractivity (Wildman–Crippen MR) is 128 cm³/mol.